The molecule has 0 saturated carbocycles. The van der Waals surface area contributed by atoms with Crippen LogP contribution in [0.5, 0.6) is 5.75 Å². The van der Waals surface area contributed by atoms with E-state index in [1.165, 1.54) is 0 Å². The minimum Gasteiger partial charge on any atom is -0.462 e. The molecular weight excluding hydrogens is 392 g/mol. The van der Waals surface area contributed by atoms with Crippen LogP contribution in [0.25, 0.3) is 0 Å². The van der Waals surface area contributed by atoms with Gasteiger partial charge in [0.2, 0.25) is 6.29 Å². The Morgan fingerprint density at radius 2 is 1.24 bits per heavy atom. The number of rotatable bonds is 6. The fraction of sp³-hybridized carbons (Fsp3) is 0.667. The predicted octanol–water partition coefficient (Wildman–Crippen LogP) is -3.31. The maximum Gasteiger partial charge on any atom is 0.229 e. The summed E-state index contributed by atoms with van der Waals surface area (Å²) in [5.74, 6) is 0.369. The van der Waals surface area contributed by atoms with E-state index in [4.69, 9.17) is 18.9 Å². The molecule has 0 unspecified atom stereocenters. The molecule has 2 fully saturated rings. The van der Waals surface area contributed by atoms with E-state index in [0.29, 0.717) is 5.75 Å². The van der Waals surface area contributed by atoms with Gasteiger partial charge in [-0.1, -0.05) is 18.2 Å². The molecule has 0 bridgehead atoms. The van der Waals surface area contributed by atoms with Crippen molar-refractivity contribution in [3.05, 3.63) is 30.3 Å². The van der Waals surface area contributed by atoms with Gasteiger partial charge < -0.3 is 54.7 Å². The molecule has 1 aromatic rings. The van der Waals surface area contributed by atoms with Gasteiger partial charge in [-0.25, -0.2) is 0 Å². The number of hydrogen-bond donors (Lipinski definition) is 7. The van der Waals surface area contributed by atoms with Gasteiger partial charge in [0.25, 0.3) is 0 Å². The first-order chi connectivity index (χ1) is 13.8. The molecule has 2 aliphatic heterocycles. The minimum absolute atomic E-state index is 0.369. The normalized spacial score (nSPS) is 43.1. The highest BCUT2D eigenvalue weighted by Gasteiger charge is 2.47. The highest BCUT2D eigenvalue weighted by molar-refractivity contribution is 5.21. The monoisotopic (exact) mass is 418 g/mol. The summed E-state index contributed by atoms with van der Waals surface area (Å²) in [6.45, 7) is -1.03. The number of ether oxygens (including phenoxy) is 4. The van der Waals surface area contributed by atoms with Crippen LogP contribution in [0.15, 0.2) is 30.3 Å². The van der Waals surface area contributed by atoms with Crippen molar-refractivity contribution in [1.29, 1.82) is 0 Å². The van der Waals surface area contributed by atoms with Gasteiger partial charge >= 0.3 is 0 Å². The molecule has 2 heterocycles. The Bertz CT molecular complexity index is 629. The van der Waals surface area contributed by atoms with Gasteiger partial charge in [-0.15, -0.1) is 0 Å². The largest absolute Gasteiger partial charge is 0.462 e. The van der Waals surface area contributed by atoms with Gasteiger partial charge in [-0.2, -0.15) is 0 Å². The second kappa shape index (κ2) is 9.62. The van der Waals surface area contributed by atoms with E-state index in [1.54, 1.807) is 30.3 Å². The molecule has 29 heavy (non-hydrogen) atoms. The maximum absolute atomic E-state index is 10.2. The summed E-state index contributed by atoms with van der Waals surface area (Å²) in [5.41, 5.74) is 0. The molecule has 164 valence electrons. The highest BCUT2D eigenvalue weighted by atomic mass is 16.7. The van der Waals surface area contributed by atoms with Gasteiger partial charge in [-0.3, -0.25) is 0 Å². The minimum atomic E-state index is -1.62. The maximum atomic E-state index is 10.2. The Hall–Kier alpha value is -1.38. The van der Waals surface area contributed by atoms with Crippen molar-refractivity contribution in [1.82, 2.24) is 0 Å². The van der Waals surface area contributed by atoms with Gasteiger partial charge in [0.15, 0.2) is 6.29 Å². The highest BCUT2D eigenvalue weighted by Crippen LogP contribution is 2.26. The number of para-hydroxylation sites is 1. The van der Waals surface area contributed by atoms with Gasteiger partial charge in [-0.05, 0) is 12.1 Å². The molecule has 1 aromatic carbocycles. The number of aliphatic hydroxyl groups excluding tert-OH is 7. The summed E-state index contributed by atoms with van der Waals surface area (Å²) >= 11 is 0. The summed E-state index contributed by atoms with van der Waals surface area (Å²) in [6, 6.07) is 8.41. The summed E-state index contributed by atoms with van der Waals surface area (Å²) in [7, 11) is 0. The van der Waals surface area contributed by atoms with E-state index in [2.05, 4.69) is 0 Å². The number of hydrogen-bond acceptors (Lipinski definition) is 11. The molecule has 0 amide bonds. The molecule has 7 N–H and O–H groups in total. The molecule has 0 radical (unpaired) electrons. The molecule has 11 nitrogen and oxygen atoms in total. The van der Waals surface area contributed by atoms with E-state index >= 15 is 0 Å². The second-order valence-electron chi connectivity index (χ2n) is 6.98. The van der Waals surface area contributed by atoms with Crippen molar-refractivity contribution in [2.24, 2.45) is 0 Å². The van der Waals surface area contributed by atoms with Crippen LogP contribution in [0.1, 0.15) is 0 Å². The molecule has 2 aliphatic rings. The van der Waals surface area contributed by atoms with Crippen molar-refractivity contribution in [3.8, 4) is 5.75 Å². The lowest BCUT2D eigenvalue weighted by Crippen LogP contribution is -2.62. The van der Waals surface area contributed by atoms with Crippen LogP contribution in [0.3, 0.4) is 0 Å². The lowest BCUT2D eigenvalue weighted by molar-refractivity contribution is -0.323. The third-order valence-corrected chi connectivity index (χ3v) is 4.94. The van der Waals surface area contributed by atoms with Crippen LogP contribution < -0.4 is 4.74 Å². The standard InChI is InChI=1S/C18H26O11/c19-6-9-11(20)13(22)15(24)17(28-9)26-7-10-12(21)14(23)16(25)18(29-10)27-8-4-2-1-3-5-8/h1-5,9-25H,6-7H2/t9-,10-,11+,12-,13+,14+,15-,16-,17-,18-/m1/s1. The Morgan fingerprint density at radius 1 is 0.690 bits per heavy atom. The molecule has 11 heteroatoms. The van der Waals surface area contributed by atoms with Gasteiger partial charge in [0, 0.05) is 0 Å². The number of benzene rings is 1. The zero-order chi connectivity index (χ0) is 21.1. The van der Waals surface area contributed by atoms with E-state index < -0.39 is 74.6 Å². The van der Waals surface area contributed by atoms with Crippen LogP contribution in [0, 0.1) is 0 Å². The van der Waals surface area contributed by atoms with Crippen molar-refractivity contribution in [2.75, 3.05) is 13.2 Å². The van der Waals surface area contributed by atoms with Crippen molar-refractivity contribution < 1.29 is 54.7 Å². The first-order valence-electron chi connectivity index (χ1n) is 9.17. The molecular formula is C18H26O11. The molecule has 2 saturated heterocycles. The lowest BCUT2D eigenvalue weighted by atomic mass is 9.98. The van der Waals surface area contributed by atoms with E-state index in [9.17, 15) is 35.7 Å². The smallest absolute Gasteiger partial charge is 0.229 e. The lowest BCUT2D eigenvalue weighted by Gasteiger charge is -2.42. The SMILES string of the molecule is OC[C@H]1O[C@@H](OC[C@H]2O[C@@H](Oc3ccccc3)[C@H](O)[C@@H](O)[C@@H]2O)[C@H](O)[C@@H](O)[C@H]1O. The molecule has 10 atom stereocenters. The Morgan fingerprint density at radius 3 is 1.86 bits per heavy atom. The van der Waals surface area contributed by atoms with Crippen LogP contribution in [0.4, 0.5) is 0 Å². The quantitative estimate of drug-likeness (QED) is 0.246. The predicted molar refractivity (Wildman–Crippen MR) is 93.5 cm³/mol. The third kappa shape index (κ3) is 4.86. The molecule has 0 aliphatic carbocycles. The zero-order valence-electron chi connectivity index (χ0n) is 15.3. The summed E-state index contributed by atoms with van der Waals surface area (Å²) in [5, 5.41) is 69.2. The van der Waals surface area contributed by atoms with E-state index in [1.807, 2.05) is 0 Å². The summed E-state index contributed by atoms with van der Waals surface area (Å²) in [6.07, 6.45) is -14.5. The van der Waals surface area contributed by atoms with Crippen LogP contribution in [-0.4, -0.2) is 110 Å². The molecule has 3 rings (SSSR count). The van der Waals surface area contributed by atoms with Crippen molar-refractivity contribution in [3.63, 3.8) is 0 Å². The van der Waals surface area contributed by atoms with Crippen molar-refractivity contribution in [2.45, 2.75) is 61.4 Å². The Balaban J connectivity index is 1.63. The second-order valence-corrected chi connectivity index (χ2v) is 6.98. The first kappa shape index (κ1) is 22.3. The topological polar surface area (TPSA) is 179 Å². The molecule has 0 spiro atoms. The van der Waals surface area contributed by atoms with Crippen LogP contribution in [-0.2, 0) is 14.2 Å². The summed E-state index contributed by atoms with van der Waals surface area (Å²) in [4.78, 5) is 0. The van der Waals surface area contributed by atoms with Crippen molar-refractivity contribution >= 4 is 0 Å². The van der Waals surface area contributed by atoms with Crippen LogP contribution in [0.2, 0.25) is 0 Å². The first-order valence-corrected chi connectivity index (χ1v) is 9.17. The zero-order valence-corrected chi connectivity index (χ0v) is 15.3. The van der Waals surface area contributed by atoms with Gasteiger partial charge in [0.1, 0.15) is 54.6 Å². The van der Waals surface area contributed by atoms with E-state index in [-0.39, 0.29) is 0 Å². The van der Waals surface area contributed by atoms with Crippen LogP contribution >= 0.6 is 0 Å². The fourth-order valence-corrected chi connectivity index (χ4v) is 3.18. The summed E-state index contributed by atoms with van der Waals surface area (Å²) < 4.78 is 21.6. The number of aliphatic hydroxyl groups is 7. The van der Waals surface area contributed by atoms with Gasteiger partial charge in [0.05, 0.1) is 13.2 Å². The fourth-order valence-electron chi connectivity index (χ4n) is 3.18. The molecule has 0 aromatic heterocycles. The third-order valence-electron chi connectivity index (χ3n) is 4.94. The Kier molecular flexibility index (Phi) is 7.40. The van der Waals surface area contributed by atoms with E-state index in [0.717, 1.165) is 0 Å². The average molecular weight is 418 g/mol. The Labute approximate surface area is 166 Å². The average Bonchev–Trinajstić information content (AvgIpc) is 2.73.